The first-order valence-corrected chi connectivity index (χ1v) is 6.46. The van der Waals surface area contributed by atoms with Crippen molar-refractivity contribution in [2.75, 3.05) is 33.4 Å². The van der Waals surface area contributed by atoms with E-state index in [1.165, 1.54) is 0 Å². The second kappa shape index (κ2) is 6.54. The molecule has 104 valence electrons. The Morgan fingerprint density at radius 3 is 2.58 bits per heavy atom. The topological polar surface area (TPSA) is 64.8 Å². The maximum Gasteiger partial charge on any atom is 0.239 e. The number of benzene rings is 1. The second-order valence-electron chi connectivity index (χ2n) is 4.60. The Balaban J connectivity index is 1.91. The quantitative estimate of drug-likeness (QED) is 0.856. The van der Waals surface area contributed by atoms with E-state index in [4.69, 9.17) is 15.2 Å². The Hall–Kier alpha value is -1.59. The Morgan fingerprint density at radius 1 is 1.37 bits per heavy atom. The summed E-state index contributed by atoms with van der Waals surface area (Å²) in [7, 11) is 1.63. The summed E-state index contributed by atoms with van der Waals surface area (Å²) in [5.74, 6) is 0.802. The van der Waals surface area contributed by atoms with Crippen molar-refractivity contribution in [2.45, 2.75) is 12.5 Å². The monoisotopic (exact) mass is 264 g/mol. The van der Waals surface area contributed by atoms with Crippen LogP contribution in [0.5, 0.6) is 5.75 Å². The molecule has 1 amide bonds. The summed E-state index contributed by atoms with van der Waals surface area (Å²) in [6.45, 7) is 2.46. The van der Waals surface area contributed by atoms with Crippen LogP contribution in [0.2, 0.25) is 0 Å². The maximum atomic E-state index is 12.1. The maximum absolute atomic E-state index is 12.1. The summed E-state index contributed by atoms with van der Waals surface area (Å²) in [6.07, 6.45) is 0.542. The van der Waals surface area contributed by atoms with Gasteiger partial charge in [-0.1, -0.05) is 12.1 Å². The molecule has 0 radical (unpaired) electrons. The van der Waals surface area contributed by atoms with Gasteiger partial charge in [-0.05, 0) is 24.1 Å². The number of morpholine rings is 1. The molecule has 1 aromatic carbocycles. The fourth-order valence-electron chi connectivity index (χ4n) is 2.12. The number of nitrogens with zero attached hydrogens (tertiary/aromatic N) is 1. The molecule has 5 heteroatoms. The summed E-state index contributed by atoms with van der Waals surface area (Å²) in [4.78, 5) is 13.9. The van der Waals surface area contributed by atoms with Crippen LogP contribution >= 0.6 is 0 Å². The van der Waals surface area contributed by atoms with Crippen LogP contribution in [0.1, 0.15) is 5.56 Å². The van der Waals surface area contributed by atoms with E-state index in [0.29, 0.717) is 32.7 Å². The highest BCUT2D eigenvalue weighted by atomic mass is 16.5. The van der Waals surface area contributed by atoms with Gasteiger partial charge in [0, 0.05) is 13.1 Å². The van der Waals surface area contributed by atoms with Crippen LogP contribution in [0, 0.1) is 0 Å². The SMILES string of the molecule is COc1ccc(CC(N)C(=O)N2CCOCC2)cc1. The molecule has 0 saturated carbocycles. The molecular weight excluding hydrogens is 244 g/mol. The predicted molar refractivity (Wildman–Crippen MR) is 72.1 cm³/mol. The fraction of sp³-hybridized carbons (Fsp3) is 0.500. The smallest absolute Gasteiger partial charge is 0.239 e. The first kappa shape index (κ1) is 13.8. The van der Waals surface area contributed by atoms with Gasteiger partial charge < -0.3 is 20.1 Å². The van der Waals surface area contributed by atoms with E-state index in [9.17, 15) is 4.79 Å². The summed E-state index contributed by atoms with van der Waals surface area (Å²) in [6, 6.07) is 7.13. The van der Waals surface area contributed by atoms with Crippen molar-refractivity contribution < 1.29 is 14.3 Å². The lowest BCUT2D eigenvalue weighted by atomic mass is 10.1. The van der Waals surface area contributed by atoms with Crippen LogP contribution in [0.15, 0.2) is 24.3 Å². The van der Waals surface area contributed by atoms with Crippen LogP contribution in [-0.4, -0.2) is 50.3 Å². The molecule has 0 aliphatic carbocycles. The third-order valence-electron chi connectivity index (χ3n) is 3.25. The van der Waals surface area contributed by atoms with E-state index in [0.717, 1.165) is 11.3 Å². The molecule has 1 heterocycles. The number of hydrogen-bond donors (Lipinski definition) is 1. The largest absolute Gasteiger partial charge is 0.497 e. The van der Waals surface area contributed by atoms with E-state index in [1.54, 1.807) is 12.0 Å². The average molecular weight is 264 g/mol. The van der Waals surface area contributed by atoms with E-state index >= 15 is 0 Å². The molecule has 2 rings (SSSR count). The van der Waals surface area contributed by atoms with E-state index in [-0.39, 0.29) is 5.91 Å². The number of hydrogen-bond acceptors (Lipinski definition) is 4. The van der Waals surface area contributed by atoms with Gasteiger partial charge in [-0.2, -0.15) is 0 Å². The Kier molecular flexibility index (Phi) is 4.76. The number of carbonyl (C=O) groups is 1. The molecule has 1 fully saturated rings. The zero-order chi connectivity index (χ0) is 13.7. The number of carbonyl (C=O) groups excluding carboxylic acids is 1. The lowest BCUT2D eigenvalue weighted by Gasteiger charge is -2.29. The van der Waals surface area contributed by atoms with Gasteiger partial charge in [-0.3, -0.25) is 4.79 Å². The summed E-state index contributed by atoms with van der Waals surface area (Å²) in [5, 5.41) is 0. The lowest BCUT2D eigenvalue weighted by Crippen LogP contribution is -2.49. The Bertz CT molecular complexity index is 413. The van der Waals surface area contributed by atoms with Crippen molar-refractivity contribution in [3.05, 3.63) is 29.8 Å². The molecule has 19 heavy (non-hydrogen) atoms. The minimum Gasteiger partial charge on any atom is -0.497 e. The second-order valence-corrected chi connectivity index (χ2v) is 4.60. The van der Waals surface area contributed by atoms with Crippen LogP contribution in [0.3, 0.4) is 0 Å². The molecule has 1 aliphatic rings. The molecule has 1 aliphatic heterocycles. The van der Waals surface area contributed by atoms with Crippen molar-refractivity contribution in [1.82, 2.24) is 4.90 Å². The first-order chi connectivity index (χ1) is 9.20. The first-order valence-electron chi connectivity index (χ1n) is 6.46. The van der Waals surface area contributed by atoms with Gasteiger partial charge in [0.2, 0.25) is 5.91 Å². The van der Waals surface area contributed by atoms with Crippen LogP contribution in [-0.2, 0) is 16.0 Å². The predicted octanol–water partition coefficient (Wildman–Crippen LogP) is 0.424. The van der Waals surface area contributed by atoms with Gasteiger partial charge in [-0.15, -0.1) is 0 Å². The van der Waals surface area contributed by atoms with Gasteiger partial charge >= 0.3 is 0 Å². The number of nitrogens with two attached hydrogens (primary N) is 1. The number of rotatable bonds is 4. The lowest BCUT2D eigenvalue weighted by molar-refractivity contribution is -0.136. The highest BCUT2D eigenvalue weighted by Gasteiger charge is 2.22. The van der Waals surface area contributed by atoms with Crippen molar-refractivity contribution in [1.29, 1.82) is 0 Å². The molecule has 1 saturated heterocycles. The molecule has 1 aromatic rings. The van der Waals surface area contributed by atoms with Crippen LogP contribution in [0.4, 0.5) is 0 Å². The van der Waals surface area contributed by atoms with E-state index < -0.39 is 6.04 Å². The summed E-state index contributed by atoms with van der Waals surface area (Å²) >= 11 is 0. The third-order valence-corrected chi connectivity index (χ3v) is 3.25. The van der Waals surface area contributed by atoms with Gasteiger partial charge in [0.15, 0.2) is 0 Å². The third kappa shape index (κ3) is 3.68. The molecule has 0 spiro atoms. The summed E-state index contributed by atoms with van der Waals surface area (Å²) < 4.78 is 10.3. The minimum atomic E-state index is -0.494. The van der Waals surface area contributed by atoms with Crippen molar-refractivity contribution >= 4 is 5.91 Å². The van der Waals surface area contributed by atoms with Crippen molar-refractivity contribution in [2.24, 2.45) is 5.73 Å². The molecule has 1 atom stereocenters. The van der Waals surface area contributed by atoms with Gasteiger partial charge in [0.1, 0.15) is 5.75 Å². The molecular formula is C14H20N2O3. The highest BCUT2D eigenvalue weighted by Crippen LogP contribution is 2.13. The van der Waals surface area contributed by atoms with E-state index in [2.05, 4.69) is 0 Å². The molecule has 0 bridgehead atoms. The highest BCUT2D eigenvalue weighted by molar-refractivity contribution is 5.82. The van der Waals surface area contributed by atoms with Crippen LogP contribution < -0.4 is 10.5 Å². The van der Waals surface area contributed by atoms with Crippen LogP contribution in [0.25, 0.3) is 0 Å². The fourth-order valence-corrected chi connectivity index (χ4v) is 2.12. The van der Waals surface area contributed by atoms with Crippen molar-refractivity contribution in [3.63, 3.8) is 0 Å². The summed E-state index contributed by atoms with van der Waals surface area (Å²) in [5.41, 5.74) is 7.02. The average Bonchev–Trinajstić information content (AvgIpc) is 2.48. The molecule has 2 N–H and O–H groups in total. The van der Waals surface area contributed by atoms with Crippen molar-refractivity contribution in [3.8, 4) is 5.75 Å². The number of amides is 1. The van der Waals surface area contributed by atoms with Gasteiger partial charge in [0.25, 0.3) is 0 Å². The zero-order valence-corrected chi connectivity index (χ0v) is 11.2. The zero-order valence-electron chi connectivity index (χ0n) is 11.2. The Morgan fingerprint density at radius 2 is 2.00 bits per heavy atom. The minimum absolute atomic E-state index is 0.000817. The van der Waals surface area contributed by atoms with Gasteiger partial charge in [-0.25, -0.2) is 0 Å². The number of methoxy groups -OCH3 is 1. The standard InChI is InChI=1S/C14H20N2O3/c1-18-12-4-2-11(3-5-12)10-13(15)14(17)16-6-8-19-9-7-16/h2-5,13H,6-10,15H2,1H3. The van der Waals surface area contributed by atoms with Gasteiger partial charge in [0.05, 0.1) is 26.4 Å². The number of ether oxygens (including phenoxy) is 2. The normalized spacial score (nSPS) is 17.1. The molecule has 1 unspecified atom stereocenters. The molecule has 0 aromatic heterocycles. The Labute approximate surface area is 113 Å². The van der Waals surface area contributed by atoms with E-state index in [1.807, 2.05) is 24.3 Å². The molecule has 5 nitrogen and oxygen atoms in total.